The second-order valence-electron chi connectivity index (χ2n) is 7.17. The molecule has 3 aliphatic rings. The van der Waals surface area contributed by atoms with E-state index in [0.29, 0.717) is 29.4 Å². The number of rotatable bonds is 5. The summed E-state index contributed by atoms with van der Waals surface area (Å²) < 4.78 is 5.28. The number of esters is 1. The van der Waals surface area contributed by atoms with Gasteiger partial charge in [-0.15, -0.1) is 0 Å². The minimum atomic E-state index is -0.306. The highest BCUT2D eigenvalue weighted by atomic mass is 16.5. The summed E-state index contributed by atoms with van der Waals surface area (Å²) in [6.07, 6.45) is 5.46. The van der Waals surface area contributed by atoms with Crippen molar-refractivity contribution in [3.63, 3.8) is 0 Å². The molecule has 126 valence electrons. The largest absolute Gasteiger partial charge is 0.464 e. The molecule has 0 saturated heterocycles. The fraction of sp³-hybridized carbons (Fsp3) is 0.526. The van der Waals surface area contributed by atoms with Gasteiger partial charge in [-0.3, -0.25) is 19.3 Å². The third kappa shape index (κ3) is 2.62. The molecule has 2 aliphatic carbocycles. The highest BCUT2D eigenvalue weighted by Gasteiger charge is 2.40. The highest BCUT2D eigenvalue weighted by Crippen LogP contribution is 2.49. The molecule has 1 aromatic carbocycles. The number of imide groups is 1. The van der Waals surface area contributed by atoms with Crippen LogP contribution in [0.2, 0.25) is 0 Å². The molecule has 0 aromatic heterocycles. The molecule has 0 N–H and O–H groups in total. The maximum absolute atomic E-state index is 12.2. The van der Waals surface area contributed by atoms with E-state index in [0.717, 1.165) is 17.2 Å². The normalized spacial score (nSPS) is 27.7. The zero-order chi connectivity index (χ0) is 16.7. The minimum absolute atomic E-state index is 0.0745. The number of carbonyl (C=O) groups is 3. The van der Waals surface area contributed by atoms with Crippen LogP contribution in [0.1, 0.15) is 52.8 Å². The van der Waals surface area contributed by atoms with Crippen LogP contribution in [0, 0.1) is 17.8 Å². The average molecular weight is 327 g/mol. The van der Waals surface area contributed by atoms with E-state index < -0.39 is 0 Å². The maximum atomic E-state index is 12.2. The van der Waals surface area contributed by atoms with E-state index >= 15 is 0 Å². The van der Waals surface area contributed by atoms with Crippen LogP contribution in [0.5, 0.6) is 0 Å². The summed E-state index contributed by atoms with van der Waals surface area (Å²) in [6.45, 7) is 0.194. The molecule has 1 aromatic rings. The predicted octanol–water partition coefficient (Wildman–Crippen LogP) is 2.65. The van der Waals surface area contributed by atoms with E-state index in [1.807, 2.05) is 0 Å². The van der Waals surface area contributed by atoms with Gasteiger partial charge in [0.1, 0.15) is 6.61 Å². The maximum Gasteiger partial charge on any atom is 0.306 e. The number of fused-ring (bicyclic) bond motifs is 3. The number of ether oxygens (including phenoxy) is 1. The number of benzene rings is 1. The number of amides is 2. The van der Waals surface area contributed by atoms with Gasteiger partial charge in [0.25, 0.3) is 11.8 Å². The Bertz CT molecular complexity index is 663. The molecule has 0 unspecified atom stereocenters. The molecule has 3 atom stereocenters. The number of hydrogen-bond donors (Lipinski definition) is 0. The van der Waals surface area contributed by atoms with Crippen LogP contribution in [0.15, 0.2) is 24.3 Å². The van der Waals surface area contributed by atoms with E-state index in [1.165, 1.54) is 19.3 Å². The smallest absolute Gasteiger partial charge is 0.306 e. The van der Waals surface area contributed by atoms with Crippen LogP contribution in [0.4, 0.5) is 0 Å². The van der Waals surface area contributed by atoms with Crippen molar-refractivity contribution < 1.29 is 19.1 Å². The summed E-state index contributed by atoms with van der Waals surface area (Å²) >= 11 is 0. The van der Waals surface area contributed by atoms with Crippen molar-refractivity contribution in [3.05, 3.63) is 35.4 Å². The van der Waals surface area contributed by atoms with Crippen molar-refractivity contribution in [2.24, 2.45) is 17.8 Å². The lowest BCUT2D eigenvalue weighted by Crippen LogP contribution is -2.33. The Morgan fingerprint density at radius 1 is 1.08 bits per heavy atom. The summed E-state index contributed by atoms with van der Waals surface area (Å²) in [6, 6.07) is 6.78. The third-order valence-electron chi connectivity index (χ3n) is 5.77. The quantitative estimate of drug-likeness (QED) is 0.616. The van der Waals surface area contributed by atoms with Crippen LogP contribution >= 0.6 is 0 Å². The first-order valence-electron chi connectivity index (χ1n) is 8.74. The summed E-state index contributed by atoms with van der Waals surface area (Å²) in [5.41, 5.74) is 0.853. The second-order valence-corrected chi connectivity index (χ2v) is 7.17. The minimum Gasteiger partial charge on any atom is -0.464 e. The molecule has 5 heteroatoms. The molecule has 2 bridgehead atoms. The van der Waals surface area contributed by atoms with Crippen molar-refractivity contribution in [2.75, 3.05) is 13.2 Å². The van der Waals surface area contributed by atoms with Crippen LogP contribution in [-0.4, -0.2) is 35.8 Å². The third-order valence-corrected chi connectivity index (χ3v) is 5.77. The molecular formula is C19H21NO4. The average Bonchev–Trinajstić information content (AvgIpc) is 3.25. The van der Waals surface area contributed by atoms with Gasteiger partial charge in [-0.2, -0.15) is 0 Å². The van der Waals surface area contributed by atoms with E-state index in [-0.39, 0.29) is 30.9 Å². The number of carbonyl (C=O) groups excluding carboxylic acids is 3. The molecule has 0 spiro atoms. The second kappa shape index (κ2) is 6.04. The monoisotopic (exact) mass is 327 g/mol. The molecule has 1 heterocycles. The topological polar surface area (TPSA) is 63.7 Å². The zero-order valence-corrected chi connectivity index (χ0v) is 13.6. The van der Waals surface area contributed by atoms with Gasteiger partial charge >= 0.3 is 5.97 Å². The van der Waals surface area contributed by atoms with E-state index in [4.69, 9.17) is 4.74 Å². The van der Waals surface area contributed by atoms with Crippen LogP contribution < -0.4 is 0 Å². The summed E-state index contributed by atoms with van der Waals surface area (Å²) in [4.78, 5) is 37.6. The van der Waals surface area contributed by atoms with Gasteiger partial charge in [0.05, 0.1) is 17.7 Å². The van der Waals surface area contributed by atoms with Crippen molar-refractivity contribution in [2.45, 2.75) is 32.1 Å². The molecular weight excluding hydrogens is 306 g/mol. The first kappa shape index (κ1) is 15.4. The first-order chi connectivity index (χ1) is 11.6. The van der Waals surface area contributed by atoms with Crippen molar-refractivity contribution in [1.29, 1.82) is 0 Å². The van der Waals surface area contributed by atoms with Crippen LogP contribution in [0.25, 0.3) is 0 Å². The first-order valence-corrected chi connectivity index (χ1v) is 8.74. The molecule has 0 radical (unpaired) electrons. The van der Waals surface area contributed by atoms with Gasteiger partial charge in [-0.25, -0.2) is 0 Å². The van der Waals surface area contributed by atoms with E-state index in [2.05, 4.69) is 0 Å². The van der Waals surface area contributed by atoms with Gasteiger partial charge in [-0.1, -0.05) is 18.6 Å². The summed E-state index contributed by atoms with van der Waals surface area (Å²) in [7, 11) is 0. The predicted molar refractivity (Wildman–Crippen MR) is 86.3 cm³/mol. The fourth-order valence-electron chi connectivity index (χ4n) is 4.59. The standard InChI is InChI=1S/C19H21NO4/c21-17(11-14-10-12-5-6-13(14)9-12)24-8-7-20-18(22)15-3-1-2-4-16(15)19(20)23/h1-4,12-14H,5-11H2/t12-,13+,14+/m0/s1. The molecule has 2 fully saturated rings. The van der Waals surface area contributed by atoms with Gasteiger partial charge in [0.15, 0.2) is 0 Å². The van der Waals surface area contributed by atoms with E-state index in [1.54, 1.807) is 24.3 Å². The van der Waals surface area contributed by atoms with Gasteiger partial charge in [0.2, 0.25) is 0 Å². The highest BCUT2D eigenvalue weighted by molar-refractivity contribution is 6.21. The van der Waals surface area contributed by atoms with Gasteiger partial charge in [-0.05, 0) is 49.1 Å². The van der Waals surface area contributed by atoms with Crippen LogP contribution in [0.3, 0.4) is 0 Å². The lowest BCUT2D eigenvalue weighted by atomic mass is 9.86. The molecule has 4 rings (SSSR count). The van der Waals surface area contributed by atoms with Gasteiger partial charge in [0, 0.05) is 6.42 Å². The summed E-state index contributed by atoms with van der Waals surface area (Å²) in [5, 5.41) is 0. The lowest BCUT2D eigenvalue weighted by Gasteiger charge is -2.20. The number of nitrogens with zero attached hydrogens (tertiary/aromatic N) is 1. The number of hydrogen-bond acceptors (Lipinski definition) is 4. The van der Waals surface area contributed by atoms with Crippen molar-refractivity contribution >= 4 is 17.8 Å². The van der Waals surface area contributed by atoms with Crippen LogP contribution in [-0.2, 0) is 9.53 Å². The Balaban J connectivity index is 1.27. The molecule has 1 aliphatic heterocycles. The fourth-order valence-corrected chi connectivity index (χ4v) is 4.59. The Morgan fingerprint density at radius 2 is 1.79 bits per heavy atom. The van der Waals surface area contributed by atoms with E-state index in [9.17, 15) is 14.4 Å². The molecule has 5 nitrogen and oxygen atoms in total. The summed E-state index contributed by atoms with van der Waals surface area (Å²) in [5.74, 6) is 1.16. The van der Waals surface area contributed by atoms with Crippen molar-refractivity contribution in [1.82, 2.24) is 4.90 Å². The Hall–Kier alpha value is -2.17. The molecule has 2 amide bonds. The van der Waals surface area contributed by atoms with Gasteiger partial charge < -0.3 is 4.74 Å². The Kier molecular flexibility index (Phi) is 3.87. The Labute approximate surface area is 141 Å². The van der Waals surface area contributed by atoms with Crippen molar-refractivity contribution in [3.8, 4) is 0 Å². The Morgan fingerprint density at radius 3 is 2.38 bits per heavy atom. The molecule has 24 heavy (non-hydrogen) atoms. The zero-order valence-electron chi connectivity index (χ0n) is 13.6. The molecule has 2 saturated carbocycles. The SMILES string of the molecule is O=C(C[C@H]1C[C@H]2CC[C@@H]1C2)OCCN1C(=O)c2ccccc2C1=O. The lowest BCUT2D eigenvalue weighted by molar-refractivity contribution is -0.145.